The summed E-state index contributed by atoms with van der Waals surface area (Å²) in [4.78, 5) is 0. The molecule has 0 radical (unpaired) electrons. The van der Waals surface area contributed by atoms with Crippen LogP contribution in [-0.2, 0) is 0 Å². The van der Waals surface area contributed by atoms with Crippen molar-refractivity contribution in [1.82, 2.24) is 0 Å². The number of hydrogen-bond donors (Lipinski definition) is 0. The molecule has 0 N–H and O–H groups in total. The van der Waals surface area contributed by atoms with E-state index in [1.807, 2.05) is 0 Å². The first-order chi connectivity index (χ1) is 6.24. The van der Waals surface area contributed by atoms with Crippen LogP contribution < -0.4 is 0 Å². The lowest BCUT2D eigenvalue weighted by molar-refractivity contribution is 0.215. The van der Waals surface area contributed by atoms with Crippen LogP contribution in [0.15, 0.2) is 0 Å². The van der Waals surface area contributed by atoms with E-state index in [-0.39, 0.29) is 0 Å². The Morgan fingerprint density at radius 2 is 1.23 bits per heavy atom. The van der Waals surface area contributed by atoms with Crippen molar-refractivity contribution in [3.05, 3.63) is 0 Å². The summed E-state index contributed by atoms with van der Waals surface area (Å²) in [6.45, 7) is 4.68. The molecule has 0 bridgehead atoms. The molecule has 0 aromatic carbocycles. The summed E-state index contributed by atoms with van der Waals surface area (Å²) in [6, 6.07) is 0. The Morgan fingerprint density at radius 1 is 0.846 bits per heavy atom. The Balaban J connectivity index is 3.97. The lowest BCUT2D eigenvalue weighted by Gasteiger charge is -2.31. The van der Waals surface area contributed by atoms with Crippen molar-refractivity contribution in [2.24, 2.45) is 5.41 Å². The van der Waals surface area contributed by atoms with Gasteiger partial charge in [-0.3, -0.25) is 0 Å². The van der Waals surface area contributed by atoms with Crippen molar-refractivity contribution in [1.29, 1.82) is 0 Å². The normalized spacial score (nSPS) is 12.0. The first-order valence-electron chi connectivity index (χ1n) is 5.36. The maximum atomic E-state index is 3.52. The van der Waals surface area contributed by atoms with Gasteiger partial charge in [-0.2, -0.15) is 0 Å². The van der Waals surface area contributed by atoms with Gasteiger partial charge < -0.3 is 0 Å². The highest BCUT2D eigenvalue weighted by atomic mass is 79.9. The first-order valence-corrected chi connectivity index (χ1v) is 7.61. The van der Waals surface area contributed by atoms with Gasteiger partial charge in [0.05, 0.1) is 0 Å². The molecule has 2 heteroatoms. The van der Waals surface area contributed by atoms with Gasteiger partial charge in [-0.05, 0) is 31.1 Å². The van der Waals surface area contributed by atoms with Crippen LogP contribution in [-0.4, -0.2) is 10.7 Å². The van der Waals surface area contributed by atoms with Crippen molar-refractivity contribution in [3.63, 3.8) is 0 Å². The second-order valence-electron chi connectivity index (χ2n) is 3.79. The van der Waals surface area contributed by atoms with E-state index >= 15 is 0 Å². The summed E-state index contributed by atoms with van der Waals surface area (Å²) >= 11 is 7.04. The molecule has 0 atom stereocenters. The standard InChI is InChI=1S/C11H22Br2/c1-3-11(4-2,7-5-9-12)8-6-10-13/h3-10H2,1-2H3. The Bertz CT molecular complexity index is 98.7. The molecule has 0 heterocycles. The highest BCUT2D eigenvalue weighted by Crippen LogP contribution is 2.37. The molecule has 0 saturated heterocycles. The van der Waals surface area contributed by atoms with Gasteiger partial charge >= 0.3 is 0 Å². The van der Waals surface area contributed by atoms with Crippen LogP contribution in [0.2, 0.25) is 0 Å². The molecule has 0 amide bonds. The van der Waals surface area contributed by atoms with E-state index in [0.717, 1.165) is 10.7 Å². The van der Waals surface area contributed by atoms with Crippen molar-refractivity contribution in [2.75, 3.05) is 10.7 Å². The average molecular weight is 314 g/mol. The molecule has 0 aromatic rings. The summed E-state index contributed by atoms with van der Waals surface area (Å²) in [5, 5.41) is 2.31. The maximum Gasteiger partial charge on any atom is 0.00315 e. The van der Waals surface area contributed by atoms with Gasteiger partial charge in [-0.25, -0.2) is 0 Å². The van der Waals surface area contributed by atoms with E-state index in [0.29, 0.717) is 5.41 Å². The van der Waals surface area contributed by atoms with Gasteiger partial charge in [0.25, 0.3) is 0 Å². The predicted molar refractivity (Wildman–Crippen MR) is 69.1 cm³/mol. The molecule has 0 unspecified atom stereocenters. The molecule has 13 heavy (non-hydrogen) atoms. The Kier molecular flexibility index (Phi) is 8.90. The lowest BCUT2D eigenvalue weighted by Crippen LogP contribution is -2.19. The van der Waals surface area contributed by atoms with Crippen molar-refractivity contribution in [3.8, 4) is 0 Å². The smallest absolute Gasteiger partial charge is 0.00315 e. The lowest BCUT2D eigenvalue weighted by atomic mass is 9.75. The van der Waals surface area contributed by atoms with Crippen LogP contribution in [0.3, 0.4) is 0 Å². The molecule has 0 aliphatic carbocycles. The maximum absolute atomic E-state index is 3.52. The first kappa shape index (κ1) is 14.0. The van der Waals surface area contributed by atoms with Crippen LogP contribution in [0.25, 0.3) is 0 Å². The quantitative estimate of drug-likeness (QED) is 0.544. The molecule has 0 fully saturated rings. The van der Waals surface area contributed by atoms with Crippen LogP contribution in [0.4, 0.5) is 0 Å². The van der Waals surface area contributed by atoms with Gasteiger partial charge in [0.1, 0.15) is 0 Å². The zero-order chi connectivity index (χ0) is 10.2. The van der Waals surface area contributed by atoms with E-state index in [4.69, 9.17) is 0 Å². The number of halogens is 2. The van der Waals surface area contributed by atoms with Crippen molar-refractivity contribution < 1.29 is 0 Å². The minimum absolute atomic E-state index is 0.627. The van der Waals surface area contributed by atoms with E-state index < -0.39 is 0 Å². The SMILES string of the molecule is CCC(CC)(CCCBr)CCCBr. The molecule has 0 aromatic heterocycles. The van der Waals surface area contributed by atoms with Gasteiger partial charge in [0, 0.05) is 10.7 Å². The van der Waals surface area contributed by atoms with Gasteiger partial charge in [0.15, 0.2) is 0 Å². The Morgan fingerprint density at radius 3 is 1.46 bits per heavy atom. The minimum Gasteiger partial charge on any atom is -0.0928 e. The van der Waals surface area contributed by atoms with E-state index in [1.165, 1.54) is 38.5 Å². The predicted octanol–water partition coefficient (Wildman–Crippen LogP) is 5.14. The minimum atomic E-state index is 0.627. The highest BCUT2D eigenvalue weighted by Gasteiger charge is 2.24. The van der Waals surface area contributed by atoms with E-state index in [1.54, 1.807) is 0 Å². The molecular formula is C11H22Br2. The second kappa shape index (κ2) is 8.28. The van der Waals surface area contributed by atoms with Crippen molar-refractivity contribution >= 4 is 31.9 Å². The Labute approximate surface area is 100 Å². The fourth-order valence-electron chi connectivity index (χ4n) is 1.97. The summed E-state index contributed by atoms with van der Waals surface area (Å²) in [6.07, 6.45) is 8.09. The molecule has 0 saturated carbocycles. The van der Waals surface area contributed by atoms with Crippen LogP contribution in [0.1, 0.15) is 52.4 Å². The van der Waals surface area contributed by atoms with E-state index in [2.05, 4.69) is 45.7 Å². The largest absolute Gasteiger partial charge is 0.0928 e. The molecule has 80 valence electrons. The van der Waals surface area contributed by atoms with E-state index in [9.17, 15) is 0 Å². The summed E-state index contributed by atoms with van der Waals surface area (Å²) in [5.74, 6) is 0. The molecule has 0 spiro atoms. The summed E-state index contributed by atoms with van der Waals surface area (Å²) in [5.41, 5.74) is 0.627. The molecular weight excluding hydrogens is 292 g/mol. The third-order valence-corrected chi connectivity index (χ3v) is 4.30. The fourth-order valence-corrected chi connectivity index (χ4v) is 2.53. The molecule has 0 rings (SSSR count). The van der Waals surface area contributed by atoms with Gasteiger partial charge in [-0.15, -0.1) is 0 Å². The number of hydrogen-bond acceptors (Lipinski definition) is 0. The number of alkyl halides is 2. The topological polar surface area (TPSA) is 0 Å². The average Bonchev–Trinajstić information content (AvgIpc) is 2.20. The molecule has 0 nitrogen and oxygen atoms in total. The van der Waals surface area contributed by atoms with Crippen LogP contribution >= 0.6 is 31.9 Å². The summed E-state index contributed by atoms with van der Waals surface area (Å²) in [7, 11) is 0. The summed E-state index contributed by atoms with van der Waals surface area (Å²) < 4.78 is 0. The monoisotopic (exact) mass is 312 g/mol. The fraction of sp³-hybridized carbons (Fsp3) is 1.00. The van der Waals surface area contributed by atoms with Crippen LogP contribution in [0, 0.1) is 5.41 Å². The second-order valence-corrected chi connectivity index (χ2v) is 5.38. The third kappa shape index (κ3) is 5.41. The van der Waals surface area contributed by atoms with Crippen molar-refractivity contribution in [2.45, 2.75) is 52.4 Å². The van der Waals surface area contributed by atoms with Crippen LogP contribution in [0.5, 0.6) is 0 Å². The highest BCUT2D eigenvalue weighted by molar-refractivity contribution is 9.09. The number of rotatable bonds is 8. The zero-order valence-corrected chi connectivity index (χ0v) is 12.1. The third-order valence-electron chi connectivity index (χ3n) is 3.18. The van der Waals surface area contributed by atoms with Gasteiger partial charge in [0.2, 0.25) is 0 Å². The van der Waals surface area contributed by atoms with Gasteiger partial charge in [-0.1, -0.05) is 58.5 Å². The molecule has 0 aliphatic heterocycles. The Hall–Kier alpha value is 0.960. The molecule has 0 aliphatic rings. The zero-order valence-electron chi connectivity index (χ0n) is 8.91.